The summed E-state index contributed by atoms with van der Waals surface area (Å²) in [6.07, 6.45) is 0. The first-order valence-electron chi connectivity index (χ1n) is 10.9. The van der Waals surface area contributed by atoms with Gasteiger partial charge in [0.15, 0.2) is 0 Å². The van der Waals surface area contributed by atoms with E-state index in [-0.39, 0.29) is 10.6 Å². The summed E-state index contributed by atoms with van der Waals surface area (Å²) in [7, 11) is 3.29. The number of methoxy groups -OCH3 is 2. The molecule has 0 amide bonds. The highest BCUT2D eigenvalue weighted by molar-refractivity contribution is 9.10. The second-order valence-electron chi connectivity index (χ2n) is 7.92. The molecule has 0 aliphatic heterocycles. The van der Waals surface area contributed by atoms with Gasteiger partial charge in [0.2, 0.25) is 0 Å². The molecular weight excluding hydrogens is 508 g/mol. The number of nitro benzene ring substituents is 1. The van der Waals surface area contributed by atoms with E-state index in [1.165, 1.54) is 12.1 Å². The standard InChI is InChI=1S/C28H21BrN2O4/c1-34-21-13-11-19(12-14-21)30-26-16-15-22(35-2)17-24(26)27(18-7-9-20(10-8-18)31(32)33)28(30)23-5-3-4-6-25(23)29/h3-17H,1-2H3. The molecule has 0 aliphatic rings. The molecule has 174 valence electrons. The molecule has 1 heterocycles. The number of nitro groups is 1. The monoisotopic (exact) mass is 528 g/mol. The molecule has 5 aromatic rings. The molecule has 0 N–H and O–H groups in total. The molecule has 35 heavy (non-hydrogen) atoms. The molecule has 6 nitrogen and oxygen atoms in total. The number of aromatic nitrogens is 1. The van der Waals surface area contributed by atoms with Crippen molar-refractivity contribution in [3.8, 4) is 39.6 Å². The van der Waals surface area contributed by atoms with Crippen molar-refractivity contribution < 1.29 is 14.4 Å². The Morgan fingerprint density at radius 3 is 2.11 bits per heavy atom. The van der Waals surface area contributed by atoms with E-state index in [0.717, 1.165) is 54.9 Å². The minimum Gasteiger partial charge on any atom is -0.497 e. The maximum absolute atomic E-state index is 11.3. The molecule has 1 aromatic heterocycles. The van der Waals surface area contributed by atoms with Crippen molar-refractivity contribution in [3.05, 3.63) is 106 Å². The summed E-state index contributed by atoms with van der Waals surface area (Å²) >= 11 is 3.74. The molecule has 0 atom stereocenters. The summed E-state index contributed by atoms with van der Waals surface area (Å²) in [5, 5.41) is 12.3. The largest absolute Gasteiger partial charge is 0.497 e. The lowest BCUT2D eigenvalue weighted by atomic mass is 9.98. The van der Waals surface area contributed by atoms with Gasteiger partial charge in [0.05, 0.1) is 30.4 Å². The van der Waals surface area contributed by atoms with Crippen LogP contribution in [-0.4, -0.2) is 23.7 Å². The topological polar surface area (TPSA) is 66.5 Å². The van der Waals surface area contributed by atoms with Crippen molar-refractivity contribution in [2.24, 2.45) is 0 Å². The highest BCUT2D eigenvalue weighted by Crippen LogP contribution is 2.45. The summed E-state index contributed by atoms with van der Waals surface area (Å²) in [6.45, 7) is 0. The Morgan fingerprint density at radius 1 is 0.829 bits per heavy atom. The van der Waals surface area contributed by atoms with Crippen LogP contribution < -0.4 is 9.47 Å². The Labute approximate surface area is 210 Å². The molecule has 5 rings (SSSR count). The normalized spacial score (nSPS) is 10.9. The van der Waals surface area contributed by atoms with Crippen LogP contribution >= 0.6 is 15.9 Å². The van der Waals surface area contributed by atoms with Crippen LogP contribution in [0.2, 0.25) is 0 Å². The van der Waals surface area contributed by atoms with Gasteiger partial charge in [0, 0.05) is 38.8 Å². The van der Waals surface area contributed by atoms with E-state index in [4.69, 9.17) is 9.47 Å². The maximum atomic E-state index is 11.3. The van der Waals surface area contributed by atoms with Crippen LogP contribution in [0.3, 0.4) is 0 Å². The predicted molar refractivity (Wildman–Crippen MR) is 142 cm³/mol. The molecule has 0 radical (unpaired) electrons. The van der Waals surface area contributed by atoms with Crippen LogP contribution in [0, 0.1) is 10.1 Å². The third kappa shape index (κ3) is 4.04. The average molecular weight is 529 g/mol. The third-order valence-electron chi connectivity index (χ3n) is 6.00. The number of benzene rings is 4. The molecule has 0 fully saturated rings. The van der Waals surface area contributed by atoms with Crippen molar-refractivity contribution in [2.75, 3.05) is 14.2 Å². The summed E-state index contributed by atoms with van der Waals surface area (Å²) in [5.74, 6) is 1.50. The summed E-state index contributed by atoms with van der Waals surface area (Å²) < 4.78 is 14.1. The van der Waals surface area contributed by atoms with Gasteiger partial charge in [-0.15, -0.1) is 0 Å². The lowest BCUT2D eigenvalue weighted by molar-refractivity contribution is -0.384. The molecule has 7 heteroatoms. The number of ether oxygens (including phenoxy) is 2. The van der Waals surface area contributed by atoms with Crippen molar-refractivity contribution in [3.63, 3.8) is 0 Å². The highest BCUT2D eigenvalue weighted by atomic mass is 79.9. The van der Waals surface area contributed by atoms with Crippen molar-refractivity contribution >= 4 is 32.5 Å². The van der Waals surface area contributed by atoms with E-state index >= 15 is 0 Å². The van der Waals surface area contributed by atoms with E-state index in [0.29, 0.717) is 0 Å². The molecule has 0 spiro atoms. The summed E-state index contributed by atoms with van der Waals surface area (Å²) in [6, 6.07) is 28.6. The molecular formula is C28H21BrN2O4. The van der Waals surface area contributed by atoms with Crippen LogP contribution in [0.1, 0.15) is 0 Å². The van der Waals surface area contributed by atoms with E-state index in [2.05, 4.69) is 26.6 Å². The maximum Gasteiger partial charge on any atom is 0.269 e. The van der Waals surface area contributed by atoms with Crippen molar-refractivity contribution in [2.45, 2.75) is 0 Å². The Kier molecular flexibility index (Phi) is 6.01. The second kappa shape index (κ2) is 9.27. The zero-order valence-corrected chi connectivity index (χ0v) is 20.7. The lowest BCUT2D eigenvalue weighted by Gasteiger charge is -2.15. The molecule has 0 aliphatic carbocycles. The van der Waals surface area contributed by atoms with Crippen molar-refractivity contribution in [1.82, 2.24) is 4.57 Å². The Morgan fingerprint density at radius 2 is 1.49 bits per heavy atom. The van der Waals surface area contributed by atoms with Gasteiger partial charge in [-0.1, -0.05) is 34.1 Å². The quantitative estimate of drug-likeness (QED) is 0.167. The summed E-state index contributed by atoms with van der Waals surface area (Å²) in [4.78, 5) is 10.9. The Hall–Kier alpha value is -4.10. The third-order valence-corrected chi connectivity index (χ3v) is 6.69. The van der Waals surface area contributed by atoms with Gasteiger partial charge in [-0.05, 0) is 66.2 Å². The molecule has 0 saturated carbocycles. The number of nitrogens with zero attached hydrogens (tertiary/aromatic N) is 2. The zero-order valence-electron chi connectivity index (χ0n) is 19.1. The summed E-state index contributed by atoms with van der Waals surface area (Å²) in [5.41, 5.74) is 5.76. The molecule has 0 saturated heterocycles. The van der Waals surface area contributed by atoms with E-state index < -0.39 is 0 Å². The fraction of sp³-hybridized carbons (Fsp3) is 0.0714. The molecule has 0 bridgehead atoms. The van der Waals surface area contributed by atoms with Gasteiger partial charge in [-0.25, -0.2) is 0 Å². The van der Waals surface area contributed by atoms with Crippen LogP contribution in [0.5, 0.6) is 11.5 Å². The highest BCUT2D eigenvalue weighted by Gasteiger charge is 2.23. The number of fused-ring (bicyclic) bond motifs is 1. The Bertz CT molecular complexity index is 1540. The van der Waals surface area contributed by atoms with Gasteiger partial charge in [-0.3, -0.25) is 10.1 Å². The van der Waals surface area contributed by atoms with Crippen molar-refractivity contribution in [1.29, 1.82) is 0 Å². The average Bonchev–Trinajstić information content (AvgIpc) is 3.23. The first-order valence-corrected chi connectivity index (χ1v) is 11.7. The number of non-ortho nitro benzene ring substituents is 1. The SMILES string of the molecule is COc1ccc(-n2c(-c3ccccc3Br)c(-c3ccc([N+](=O)[O-])cc3)c3cc(OC)ccc32)cc1. The van der Waals surface area contributed by atoms with Crippen LogP contribution in [0.4, 0.5) is 5.69 Å². The molecule has 4 aromatic carbocycles. The first kappa shape index (κ1) is 22.7. The second-order valence-corrected chi connectivity index (χ2v) is 8.78. The van der Waals surface area contributed by atoms with Crippen LogP contribution in [0.25, 0.3) is 39.0 Å². The molecule has 0 unspecified atom stereocenters. The van der Waals surface area contributed by atoms with Crippen LogP contribution in [-0.2, 0) is 0 Å². The fourth-order valence-electron chi connectivity index (χ4n) is 4.35. The number of halogens is 1. The Balaban J connectivity index is 1.92. The zero-order chi connectivity index (χ0) is 24.5. The van der Waals surface area contributed by atoms with E-state index in [1.807, 2.05) is 60.7 Å². The number of hydrogen-bond donors (Lipinski definition) is 0. The fourth-order valence-corrected chi connectivity index (χ4v) is 4.82. The number of rotatable bonds is 6. The van der Waals surface area contributed by atoms with Gasteiger partial charge in [0.25, 0.3) is 5.69 Å². The lowest BCUT2D eigenvalue weighted by Crippen LogP contribution is -1.98. The van der Waals surface area contributed by atoms with Gasteiger partial charge >= 0.3 is 0 Å². The minimum atomic E-state index is -0.387. The van der Waals surface area contributed by atoms with Gasteiger partial charge < -0.3 is 14.0 Å². The van der Waals surface area contributed by atoms with Gasteiger partial charge in [0.1, 0.15) is 11.5 Å². The first-order chi connectivity index (χ1) is 17.0. The predicted octanol–water partition coefficient (Wildman–Crippen LogP) is 7.65. The van der Waals surface area contributed by atoms with E-state index in [9.17, 15) is 10.1 Å². The van der Waals surface area contributed by atoms with Gasteiger partial charge in [-0.2, -0.15) is 0 Å². The van der Waals surface area contributed by atoms with E-state index in [1.54, 1.807) is 26.4 Å². The minimum absolute atomic E-state index is 0.0488. The number of hydrogen-bond acceptors (Lipinski definition) is 4. The smallest absolute Gasteiger partial charge is 0.269 e. The van der Waals surface area contributed by atoms with Crippen LogP contribution in [0.15, 0.2) is 95.5 Å².